The van der Waals surface area contributed by atoms with Crippen LogP contribution >= 0.6 is 0 Å². The number of nitrogens with zero attached hydrogens (tertiary/aromatic N) is 1. The topological polar surface area (TPSA) is 52.9 Å². The predicted molar refractivity (Wildman–Crippen MR) is 102 cm³/mol. The molecular weight excluding hydrogens is 314 g/mol. The minimum Gasteiger partial charge on any atom is -0.504 e. The second-order valence-electron chi connectivity index (χ2n) is 7.33. The molecule has 1 aliphatic rings. The Balaban J connectivity index is 1.91. The van der Waals surface area contributed by atoms with E-state index in [0.717, 1.165) is 45.2 Å². The number of rotatable bonds is 11. The maximum atomic E-state index is 10.4. The third-order valence-corrected chi connectivity index (χ3v) is 5.35. The first-order chi connectivity index (χ1) is 12.1. The molecule has 2 atom stereocenters. The highest BCUT2D eigenvalue weighted by Gasteiger charge is 2.24. The summed E-state index contributed by atoms with van der Waals surface area (Å²) in [4.78, 5) is 2.56. The minimum absolute atomic E-state index is 0.188. The van der Waals surface area contributed by atoms with Gasteiger partial charge in [0.2, 0.25) is 0 Å². The Morgan fingerprint density at radius 3 is 2.60 bits per heavy atom. The SMILES string of the molecule is CCCCCC(O)CC(CCc1ccc(O)c(OC)c1)N1CCCC1. The largest absolute Gasteiger partial charge is 0.504 e. The fourth-order valence-corrected chi connectivity index (χ4v) is 3.83. The third kappa shape index (κ3) is 6.52. The van der Waals surface area contributed by atoms with E-state index in [1.165, 1.54) is 31.2 Å². The summed E-state index contributed by atoms with van der Waals surface area (Å²) in [5.41, 5.74) is 1.18. The van der Waals surface area contributed by atoms with Crippen LogP contribution in [0.5, 0.6) is 11.5 Å². The number of phenols is 1. The number of aliphatic hydroxyl groups is 1. The van der Waals surface area contributed by atoms with Crippen molar-refractivity contribution in [1.82, 2.24) is 4.90 Å². The second-order valence-corrected chi connectivity index (χ2v) is 7.33. The van der Waals surface area contributed by atoms with Crippen molar-refractivity contribution in [3.8, 4) is 11.5 Å². The summed E-state index contributed by atoms with van der Waals surface area (Å²) in [6.07, 6.45) is 9.67. The maximum absolute atomic E-state index is 10.4. The first-order valence-corrected chi connectivity index (χ1v) is 9.92. The number of hydrogen-bond acceptors (Lipinski definition) is 4. The van der Waals surface area contributed by atoms with Gasteiger partial charge in [0.15, 0.2) is 11.5 Å². The van der Waals surface area contributed by atoms with Gasteiger partial charge in [0.05, 0.1) is 13.2 Å². The number of benzene rings is 1. The highest BCUT2D eigenvalue weighted by Crippen LogP contribution is 2.28. The molecule has 25 heavy (non-hydrogen) atoms. The van der Waals surface area contributed by atoms with Crippen LogP contribution < -0.4 is 4.74 Å². The zero-order chi connectivity index (χ0) is 18.1. The number of hydrogen-bond donors (Lipinski definition) is 2. The van der Waals surface area contributed by atoms with Crippen molar-refractivity contribution in [2.24, 2.45) is 0 Å². The van der Waals surface area contributed by atoms with Crippen LogP contribution in [0.15, 0.2) is 18.2 Å². The molecule has 0 amide bonds. The molecule has 142 valence electrons. The van der Waals surface area contributed by atoms with E-state index in [1.54, 1.807) is 13.2 Å². The van der Waals surface area contributed by atoms with Gasteiger partial charge in [0.25, 0.3) is 0 Å². The predicted octanol–water partition coefficient (Wildman–Crippen LogP) is 4.13. The molecule has 1 aromatic carbocycles. The third-order valence-electron chi connectivity index (χ3n) is 5.35. The van der Waals surface area contributed by atoms with E-state index >= 15 is 0 Å². The molecule has 0 bridgehead atoms. The monoisotopic (exact) mass is 349 g/mol. The molecule has 1 saturated heterocycles. The Morgan fingerprint density at radius 1 is 1.16 bits per heavy atom. The summed E-state index contributed by atoms with van der Waals surface area (Å²) in [7, 11) is 1.58. The number of ether oxygens (including phenoxy) is 1. The van der Waals surface area contributed by atoms with Gasteiger partial charge in [-0.05, 0) is 69.3 Å². The summed E-state index contributed by atoms with van der Waals surface area (Å²) in [6.45, 7) is 4.52. The van der Waals surface area contributed by atoms with Gasteiger partial charge in [-0.25, -0.2) is 0 Å². The van der Waals surface area contributed by atoms with Gasteiger partial charge in [-0.15, -0.1) is 0 Å². The van der Waals surface area contributed by atoms with Gasteiger partial charge >= 0.3 is 0 Å². The Kier molecular flexibility index (Phi) is 8.56. The van der Waals surface area contributed by atoms with Crippen molar-refractivity contribution in [3.05, 3.63) is 23.8 Å². The van der Waals surface area contributed by atoms with E-state index in [9.17, 15) is 10.2 Å². The smallest absolute Gasteiger partial charge is 0.160 e. The van der Waals surface area contributed by atoms with E-state index in [-0.39, 0.29) is 11.9 Å². The highest BCUT2D eigenvalue weighted by molar-refractivity contribution is 5.41. The van der Waals surface area contributed by atoms with Gasteiger partial charge in [0.1, 0.15) is 0 Å². The van der Waals surface area contributed by atoms with Crippen molar-refractivity contribution < 1.29 is 14.9 Å². The van der Waals surface area contributed by atoms with Crippen molar-refractivity contribution in [1.29, 1.82) is 0 Å². The highest BCUT2D eigenvalue weighted by atomic mass is 16.5. The van der Waals surface area contributed by atoms with Crippen LogP contribution in [0.1, 0.15) is 63.9 Å². The van der Waals surface area contributed by atoms with Gasteiger partial charge < -0.3 is 19.8 Å². The molecule has 4 heteroatoms. The standard InChI is InChI=1S/C21H35NO3/c1-3-4-5-8-19(23)16-18(22-13-6-7-14-22)11-9-17-10-12-20(24)21(15-17)25-2/h10,12,15,18-19,23-24H,3-9,11,13-14,16H2,1-2H3. The summed E-state index contributed by atoms with van der Waals surface area (Å²) in [5, 5.41) is 20.2. The molecule has 2 N–H and O–H groups in total. The second kappa shape index (κ2) is 10.7. The number of phenolic OH excluding ortho intramolecular Hbond substituents is 1. The number of methoxy groups -OCH3 is 1. The lowest BCUT2D eigenvalue weighted by molar-refractivity contribution is 0.100. The summed E-state index contributed by atoms with van der Waals surface area (Å²) >= 11 is 0. The molecule has 4 nitrogen and oxygen atoms in total. The zero-order valence-corrected chi connectivity index (χ0v) is 15.9. The molecular formula is C21H35NO3. The normalized spacial score (nSPS) is 17.6. The number of likely N-dealkylation sites (tertiary alicyclic amines) is 1. The summed E-state index contributed by atoms with van der Waals surface area (Å²) < 4.78 is 5.21. The van der Waals surface area contributed by atoms with E-state index in [1.807, 2.05) is 12.1 Å². The van der Waals surface area contributed by atoms with Gasteiger partial charge in [-0.2, -0.15) is 0 Å². The first-order valence-electron chi connectivity index (χ1n) is 9.92. The van der Waals surface area contributed by atoms with Crippen LogP contribution in [-0.4, -0.2) is 47.5 Å². The molecule has 1 heterocycles. The lowest BCUT2D eigenvalue weighted by atomic mass is 9.96. The Bertz CT molecular complexity index is 500. The van der Waals surface area contributed by atoms with Crippen molar-refractivity contribution >= 4 is 0 Å². The van der Waals surface area contributed by atoms with Gasteiger partial charge in [0, 0.05) is 6.04 Å². The van der Waals surface area contributed by atoms with Gasteiger partial charge in [-0.1, -0.05) is 32.3 Å². The Morgan fingerprint density at radius 2 is 1.92 bits per heavy atom. The van der Waals surface area contributed by atoms with Crippen LogP contribution in [0, 0.1) is 0 Å². The molecule has 0 radical (unpaired) electrons. The fraction of sp³-hybridized carbons (Fsp3) is 0.714. The van der Waals surface area contributed by atoms with E-state index in [0.29, 0.717) is 11.8 Å². The zero-order valence-electron chi connectivity index (χ0n) is 15.9. The number of aliphatic hydroxyl groups excluding tert-OH is 1. The van der Waals surface area contributed by atoms with Crippen molar-refractivity contribution in [2.75, 3.05) is 20.2 Å². The van der Waals surface area contributed by atoms with Crippen molar-refractivity contribution in [3.63, 3.8) is 0 Å². The maximum Gasteiger partial charge on any atom is 0.160 e. The van der Waals surface area contributed by atoms with E-state index in [2.05, 4.69) is 11.8 Å². The average Bonchev–Trinajstić information content (AvgIpc) is 3.14. The molecule has 2 rings (SSSR count). The number of aryl methyl sites for hydroxylation is 1. The number of unbranched alkanes of at least 4 members (excludes halogenated alkanes) is 2. The Labute approximate surface area is 152 Å². The van der Waals surface area contributed by atoms with E-state index in [4.69, 9.17) is 4.74 Å². The summed E-state index contributed by atoms with van der Waals surface area (Å²) in [5.74, 6) is 0.725. The Hall–Kier alpha value is -1.26. The molecule has 0 spiro atoms. The van der Waals surface area contributed by atoms with Crippen LogP contribution in [0.3, 0.4) is 0 Å². The average molecular weight is 350 g/mol. The molecule has 0 saturated carbocycles. The van der Waals surface area contributed by atoms with Crippen molar-refractivity contribution in [2.45, 2.75) is 76.9 Å². The quantitative estimate of drug-likeness (QED) is 0.590. The van der Waals surface area contributed by atoms with Crippen LogP contribution in [0.25, 0.3) is 0 Å². The van der Waals surface area contributed by atoms with Crippen LogP contribution in [0.4, 0.5) is 0 Å². The molecule has 0 aromatic heterocycles. The van der Waals surface area contributed by atoms with Gasteiger partial charge in [-0.3, -0.25) is 0 Å². The fourth-order valence-electron chi connectivity index (χ4n) is 3.83. The molecule has 1 aromatic rings. The van der Waals surface area contributed by atoms with Crippen LogP contribution in [-0.2, 0) is 6.42 Å². The molecule has 1 fully saturated rings. The number of aromatic hydroxyl groups is 1. The first kappa shape index (κ1) is 20.1. The minimum atomic E-state index is -0.188. The molecule has 2 unspecified atom stereocenters. The molecule has 1 aliphatic heterocycles. The lowest BCUT2D eigenvalue weighted by Crippen LogP contribution is -2.36. The summed E-state index contributed by atoms with van der Waals surface area (Å²) in [6, 6.07) is 6.04. The van der Waals surface area contributed by atoms with E-state index < -0.39 is 0 Å². The van der Waals surface area contributed by atoms with Crippen LogP contribution in [0.2, 0.25) is 0 Å². The molecule has 0 aliphatic carbocycles. The lowest BCUT2D eigenvalue weighted by Gasteiger charge is -2.29.